The first kappa shape index (κ1) is 19.8. The van der Waals surface area contributed by atoms with E-state index in [2.05, 4.69) is 5.32 Å². The normalized spacial score (nSPS) is 28.0. The number of rotatable bonds is 5. The fourth-order valence-corrected chi connectivity index (χ4v) is 4.61. The Morgan fingerprint density at radius 3 is 1.83 bits per heavy atom. The maximum atomic E-state index is 11.8. The number of hydrogen-bond donors (Lipinski definition) is 1. The summed E-state index contributed by atoms with van der Waals surface area (Å²) in [5, 5.41) is 3.80. The Hall–Kier alpha value is -0.570. The highest BCUT2D eigenvalue weighted by molar-refractivity contribution is 5.72. The minimum Gasteiger partial charge on any atom is -0.469 e. The molecule has 0 heterocycles. The molecule has 0 radical (unpaired) electrons. The monoisotopic (exact) mass is 337 g/mol. The summed E-state index contributed by atoms with van der Waals surface area (Å²) in [5.74, 6) is 1.87. The fourth-order valence-electron chi connectivity index (χ4n) is 4.61. The number of carbonyl (C=O) groups is 1. The minimum absolute atomic E-state index is 0.0101. The van der Waals surface area contributed by atoms with Crippen molar-refractivity contribution in [2.45, 2.75) is 89.9 Å². The highest BCUT2D eigenvalue weighted by Gasteiger charge is 2.21. The van der Waals surface area contributed by atoms with Gasteiger partial charge in [0.05, 0.1) is 13.0 Å². The minimum atomic E-state index is 0.0101. The molecule has 2 atom stereocenters. The van der Waals surface area contributed by atoms with E-state index in [-0.39, 0.29) is 11.9 Å². The Labute approximate surface area is 149 Å². The van der Waals surface area contributed by atoms with Gasteiger partial charge in [-0.25, -0.2) is 0 Å². The SMILES string of the molecule is COC(=O)C1CCCCC(CNCC2CCCCCCC2)CCC1. The molecule has 0 aliphatic heterocycles. The smallest absolute Gasteiger partial charge is 0.308 e. The van der Waals surface area contributed by atoms with Crippen molar-refractivity contribution in [3.63, 3.8) is 0 Å². The topological polar surface area (TPSA) is 38.3 Å². The van der Waals surface area contributed by atoms with Crippen LogP contribution in [0, 0.1) is 17.8 Å². The van der Waals surface area contributed by atoms with Crippen LogP contribution in [0.1, 0.15) is 89.9 Å². The Morgan fingerprint density at radius 1 is 0.750 bits per heavy atom. The summed E-state index contributed by atoms with van der Waals surface area (Å²) < 4.78 is 4.95. The number of hydrogen-bond acceptors (Lipinski definition) is 3. The van der Waals surface area contributed by atoms with E-state index in [1.54, 1.807) is 0 Å². The van der Waals surface area contributed by atoms with Crippen LogP contribution in [-0.2, 0) is 9.53 Å². The predicted octanol–water partition coefficient (Wildman–Crippen LogP) is 5.09. The third-order valence-corrected chi connectivity index (χ3v) is 6.21. The average Bonchev–Trinajstić information content (AvgIpc) is 2.68. The molecular weight excluding hydrogens is 298 g/mol. The van der Waals surface area contributed by atoms with Crippen molar-refractivity contribution >= 4 is 5.97 Å². The van der Waals surface area contributed by atoms with Crippen LogP contribution in [0.4, 0.5) is 0 Å². The first-order valence-electron chi connectivity index (χ1n) is 10.6. The van der Waals surface area contributed by atoms with Gasteiger partial charge < -0.3 is 10.1 Å². The van der Waals surface area contributed by atoms with Crippen LogP contribution < -0.4 is 5.32 Å². The Balaban J connectivity index is 1.65. The van der Waals surface area contributed by atoms with Crippen LogP contribution in [0.5, 0.6) is 0 Å². The molecule has 3 nitrogen and oxygen atoms in total. The van der Waals surface area contributed by atoms with E-state index in [0.717, 1.165) is 24.7 Å². The molecule has 0 spiro atoms. The van der Waals surface area contributed by atoms with Gasteiger partial charge in [0, 0.05) is 0 Å². The van der Waals surface area contributed by atoms with E-state index in [9.17, 15) is 4.79 Å². The number of nitrogens with one attached hydrogen (secondary N) is 1. The average molecular weight is 338 g/mol. The van der Waals surface area contributed by atoms with Crippen molar-refractivity contribution in [3.8, 4) is 0 Å². The summed E-state index contributed by atoms with van der Waals surface area (Å²) >= 11 is 0. The first-order chi connectivity index (χ1) is 11.8. The van der Waals surface area contributed by atoms with E-state index in [0.29, 0.717) is 0 Å². The van der Waals surface area contributed by atoms with Gasteiger partial charge in [0.15, 0.2) is 0 Å². The maximum Gasteiger partial charge on any atom is 0.308 e. The fraction of sp³-hybridized carbons (Fsp3) is 0.952. The van der Waals surface area contributed by atoms with E-state index < -0.39 is 0 Å². The van der Waals surface area contributed by atoms with E-state index >= 15 is 0 Å². The molecular formula is C21H39NO2. The molecule has 0 aromatic heterocycles. The van der Waals surface area contributed by atoms with Crippen molar-refractivity contribution in [3.05, 3.63) is 0 Å². The third-order valence-electron chi connectivity index (χ3n) is 6.21. The molecule has 0 saturated heterocycles. The molecule has 2 saturated carbocycles. The summed E-state index contributed by atoms with van der Waals surface area (Å²) in [6, 6.07) is 0. The van der Waals surface area contributed by atoms with Gasteiger partial charge in [0.25, 0.3) is 0 Å². The van der Waals surface area contributed by atoms with Crippen LogP contribution in [0.25, 0.3) is 0 Å². The third kappa shape index (κ3) is 7.55. The van der Waals surface area contributed by atoms with Crippen molar-refractivity contribution in [2.75, 3.05) is 20.2 Å². The highest BCUT2D eigenvalue weighted by Crippen LogP contribution is 2.26. The molecule has 140 valence electrons. The molecule has 2 rings (SSSR count). The van der Waals surface area contributed by atoms with E-state index in [1.165, 1.54) is 97.2 Å². The standard InChI is InChI=1S/C21H39NO2/c1-24-21(23)20-14-8-7-12-19(13-9-15-20)17-22-16-18-10-5-3-2-4-6-11-18/h18-20,22H,2-17H2,1H3. The number of carbonyl (C=O) groups excluding carboxylic acids is 1. The quantitative estimate of drug-likeness (QED) is 0.710. The predicted molar refractivity (Wildman–Crippen MR) is 100.0 cm³/mol. The molecule has 0 bridgehead atoms. The molecule has 0 amide bonds. The van der Waals surface area contributed by atoms with Crippen molar-refractivity contribution in [1.29, 1.82) is 0 Å². The van der Waals surface area contributed by atoms with Crippen LogP contribution in [-0.4, -0.2) is 26.2 Å². The molecule has 2 aliphatic rings. The van der Waals surface area contributed by atoms with Crippen LogP contribution in [0.2, 0.25) is 0 Å². The molecule has 24 heavy (non-hydrogen) atoms. The molecule has 2 aliphatic carbocycles. The van der Waals surface area contributed by atoms with Gasteiger partial charge in [-0.1, -0.05) is 51.4 Å². The summed E-state index contributed by atoms with van der Waals surface area (Å²) in [6.45, 7) is 2.40. The zero-order valence-corrected chi connectivity index (χ0v) is 15.9. The lowest BCUT2D eigenvalue weighted by Gasteiger charge is -2.22. The number of ether oxygens (including phenoxy) is 1. The van der Waals surface area contributed by atoms with Gasteiger partial charge in [-0.05, 0) is 63.5 Å². The van der Waals surface area contributed by atoms with E-state index in [4.69, 9.17) is 4.74 Å². The summed E-state index contributed by atoms with van der Waals surface area (Å²) in [6.07, 6.45) is 18.3. The molecule has 0 aromatic rings. The summed E-state index contributed by atoms with van der Waals surface area (Å²) in [7, 11) is 1.52. The lowest BCUT2D eigenvalue weighted by molar-refractivity contribution is -0.146. The molecule has 1 N–H and O–H groups in total. The van der Waals surface area contributed by atoms with Gasteiger partial charge in [-0.3, -0.25) is 4.79 Å². The molecule has 0 aromatic carbocycles. The summed E-state index contributed by atoms with van der Waals surface area (Å²) in [5.41, 5.74) is 0. The van der Waals surface area contributed by atoms with Crippen LogP contribution in [0.15, 0.2) is 0 Å². The maximum absolute atomic E-state index is 11.8. The second-order valence-electron chi connectivity index (χ2n) is 8.17. The van der Waals surface area contributed by atoms with E-state index in [1.807, 2.05) is 0 Å². The number of methoxy groups -OCH3 is 1. The first-order valence-corrected chi connectivity index (χ1v) is 10.6. The molecule has 2 fully saturated rings. The highest BCUT2D eigenvalue weighted by atomic mass is 16.5. The zero-order valence-electron chi connectivity index (χ0n) is 15.9. The second kappa shape index (κ2) is 11.9. The summed E-state index contributed by atoms with van der Waals surface area (Å²) in [4.78, 5) is 11.8. The van der Waals surface area contributed by atoms with Crippen LogP contribution in [0.3, 0.4) is 0 Å². The van der Waals surface area contributed by atoms with Crippen molar-refractivity contribution in [2.24, 2.45) is 17.8 Å². The zero-order chi connectivity index (χ0) is 17.0. The Bertz CT molecular complexity index is 337. The van der Waals surface area contributed by atoms with Gasteiger partial charge in [0.2, 0.25) is 0 Å². The van der Waals surface area contributed by atoms with Gasteiger partial charge in [0.1, 0.15) is 0 Å². The lowest BCUT2D eigenvalue weighted by atomic mass is 9.90. The number of esters is 1. The second-order valence-corrected chi connectivity index (χ2v) is 8.17. The van der Waals surface area contributed by atoms with Crippen molar-refractivity contribution in [1.82, 2.24) is 5.32 Å². The molecule has 3 heteroatoms. The Morgan fingerprint density at radius 2 is 1.21 bits per heavy atom. The van der Waals surface area contributed by atoms with Gasteiger partial charge in [-0.2, -0.15) is 0 Å². The molecule has 2 unspecified atom stereocenters. The largest absolute Gasteiger partial charge is 0.469 e. The van der Waals surface area contributed by atoms with Gasteiger partial charge >= 0.3 is 5.97 Å². The van der Waals surface area contributed by atoms with Crippen LogP contribution >= 0.6 is 0 Å². The van der Waals surface area contributed by atoms with Gasteiger partial charge in [-0.15, -0.1) is 0 Å². The Kier molecular flexibility index (Phi) is 9.79. The van der Waals surface area contributed by atoms with Crippen molar-refractivity contribution < 1.29 is 9.53 Å². The lowest BCUT2D eigenvalue weighted by Crippen LogP contribution is -2.28.